The number of amides is 2. The van der Waals surface area contributed by atoms with Crippen LogP contribution >= 0.6 is 46.7 Å². The first-order valence-corrected chi connectivity index (χ1v) is 14.4. The second-order valence-corrected chi connectivity index (χ2v) is 12.3. The van der Waals surface area contributed by atoms with Crippen molar-refractivity contribution in [3.63, 3.8) is 0 Å². The highest BCUT2D eigenvalue weighted by atomic mass is 32.2. The first-order chi connectivity index (χ1) is 20.2. The van der Waals surface area contributed by atoms with Gasteiger partial charge < -0.3 is 10.4 Å². The molecule has 0 unspecified atom stereocenters. The number of thiazole rings is 1. The molecule has 2 N–H and O–H groups in total. The Balaban J connectivity index is 1.46. The van der Waals surface area contributed by atoms with E-state index in [1.165, 1.54) is 17.5 Å². The van der Waals surface area contributed by atoms with E-state index < -0.39 is 69.6 Å². The Morgan fingerprint density at radius 3 is 2.09 bits per heavy atom. The van der Waals surface area contributed by atoms with Crippen molar-refractivity contribution in [3.05, 3.63) is 61.1 Å². The van der Waals surface area contributed by atoms with Crippen molar-refractivity contribution in [2.24, 2.45) is 0 Å². The number of thiophene rings is 1. The highest BCUT2D eigenvalue weighted by Gasteiger charge is 2.40. The summed E-state index contributed by atoms with van der Waals surface area (Å²) in [6.07, 6.45) is -14.3. The fourth-order valence-corrected chi connectivity index (χ4v) is 6.69. The summed E-state index contributed by atoms with van der Waals surface area (Å²) in [6, 6.07) is 2.44. The molecule has 1 aliphatic heterocycles. The molecule has 2 amide bonds. The van der Waals surface area contributed by atoms with Crippen molar-refractivity contribution in [1.29, 1.82) is 0 Å². The van der Waals surface area contributed by atoms with Crippen molar-refractivity contribution >= 4 is 80.0 Å². The Bertz CT molecular complexity index is 1660. The van der Waals surface area contributed by atoms with Crippen LogP contribution < -0.4 is 5.32 Å². The van der Waals surface area contributed by atoms with Crippen LogP contribution in [0.15, 0.2) is 34.6 Å². The lowest BCUT2D eigenvalue weighted by Gasteiger charge is -2.13. The number of hydrogen-bond acceptors (Lipinski definition) is 8. The zero-order chi connectivity index (χ0) is 32.8. The number of rotatable bonds is 7. The molecule has 0 radical (unpaired) electrons. The molecule has 4 rings (SSSR count). The molecule has 1 saturated heterocycles. The van der Waals surface area contributed by atoms with Crippen LogP contribution in [0.5, 0.6) is 0 Å². The molecule has 3 aromatic rings. The Kier molecular flexibility index (Phi) is 9.21. The summed E-state index contributed by atoms with van der Waals surface area (Å²) in [5.74, 6) is -3.47. The number of carbonyl (C=O) groups excluding carboxylic acids is 2. The Hall–Kier alpha value is -3.49. The normalized spacial score (nSPS) is 15.4. The van der Waals surface area contributed by atoms with Crippen LogP contribution in [0.2, 0.25) is 0 Å². The molecule has 0 saturated carbocycles. The van der Waals surface area contributed by atoms with Gasteiger partial charge in [0.1, 0.15) is 9.20 Å². The number of aromatic carboxylic acids is 1. The number of thiocarbonyl (C=S) groups is 1. The molecule has 3 heterocycles. The largest absolute Gasteiger partial charge is 0.477 e. The number of aromatic nitrogens is 1. The molecule has 234 valence electrons. The number of halogens is 9. The van der Waals surface area contributed by atoms with Crippen LogP contribution in [0.1, 0.15) is 37.8 Å². The number of alkyl halides is 9. The van der Waals surface area contributed by atoms with E-state index in [1.807, 2.05) is 5.32 Å². The van der Waals surface area contributed by atoms with Crippen LogP contribution in [0.3, 0.4) is 0 Å². The average Bonchev–Trinajstić information content (AvgIpc) is 3.60. The molecule has 7 nitrogen and oxygen atoms in total. The van der Waals surface area contributed by atoms with Crippen molar-refractivity contribution in [1.82, 2.24) is 9.88 Å². The maximum Gasteiger partial charge on any atom is 0.435 e. The molecule has 1 fully saturated rings. The predicted molar refractivity (Wildman–Crippen MR) is 147 cm³/mol. The van der Waals surface area contributed by atoms with Gasteiger partial charge in [-0.2, -0.15) is 39.5 Å². The van der Waals surface area contributed by atoms with Crippen LogP contribution in [0, 0.1) is 0 Å². The van der Waals surface area contributed by atoms with E-state index in [2.05, 4.69) is 4.98 Å². The molecular formula is C24H12F9N3O4S4. The quantitative estimate of drug-likeness (QED) is 0.147. The number of benzene rings is 1. The summed E-state index contributed by atoms with van der Waals surface area (Å²) in [5, 5.41) is 11.7. The molecule has 44 heavy (non-hydrogen) atoms. The lowest BCUT2D eigenvalue weighted by molar-refractivity contribution is -0.143. The van der Waals surface area contributed by atoms with E-state index in [1.54, 1.807) is 0 Å². The van der Waals surface area contributed by atoms with Crippen LogP contribution in [-0.2, 0) is 28.1 Å². The van der Waals surface area contributed by atoms with Crippen LogP contribution in [0.4, 0.5) is 44.6 Å². The van der Waals surface area contributed by atoms with Gasteiger partial charge in [0.15, 0.2) is 10.8 Å². The van der Waals surface area contributed by atoms with Gasteiger partial charge in [0.25, 0.3) is 5.91 Å². The van der Waals surface area contributed by atoms with Crippen molar-refractivity contribution in [3.8, 4) is 11.1 Å². The summed E-state index contributed by atoms with van der Waals surface area (Å²) in [5.41, 5.74) is -4.97. The number of nitrogens with one attached hydrogen (secondary N) is 1. The zero-order valence-corrected chi connectivity index (χ0v) is 24.2. The van der Waals surface area contributed by atoms with Crippen molar-refractivity contribution in [2.45, 2.75) is 24.9 Å². The molecule has 0 aliphatic carbocycles. The third-order valence-electron chi connectivity index (χ3n) is 5.59. The number of hydrogen-bond donors (Lipinski definition) is 2. The number of carboxylic acids is 1. The fourth-order valence-electron chi connectivity index (χ4n) is 3.63. The highest BCUT2D eigenvalue weighted by Crippen LogP contribution is 2.41. The lowest BCUT2D eigenvalue weighted by Crippen LogP contribution is -2.31. The third kappa shape index (κ3) is 7.59. The van der Waals surface area contributed by atoms with Gasteiger partial charge in [-0.25, -0.2) is 9.78 Å². The predicted octanol–water partition coefficient (Wildman–Crippen LogP) is 7.86. The number of carboxylic acid groups (broad SMARTS) is 1. The standard InChI is InChI=1S/C24H12F9N3O4S4/c25-22(26,27)11-3-9(4-12(6-11)23(28,29)30)10-5-13(42-8-10)7-14-18(38)36(21(41)43-14)2-1-15(37)34-20-35-17(24(31,32)33)16(44-20)19(39)40/h3-8H,1-2H2,(H,39,40)(H,34,35,37)/b14-7-. The molecule has 0 bridgehead atoms. The topological polar surface area (TPSA) is 99.6 Å². The first-order valence-electron chi connectivity index (χ1n) is 11.5. The van der Waals surface area contributed by atoms with Gasteiger partial charge >= 0.3 is 24.5 Å². The molecular weight excluding hydrogens is 694 g/mol. The highest BCUT2D eigenvalue weighted by molar-refractivity contribution is 8.26. The van der Waals surface area contributed by atoms with Gasteiger partial charge in [0.2, 0.25) is 5.91 Å². The van der Waals surface area contributed by atoms with Gasteiger partial charge in [-0.05, 0) is 46.8 Å². The maximum atomic E-state index is 13.2. The maximum absolute atomic E-state index is 13.2. The zero-order valence-electron chi connectivity index (χ0n) is 21.0. The third-order valence-corrected chi connectivity index (χ3v) is 8.80. The van der Waals surface area contributed by atoms with Gasteiger partial charge in [0.05, 0.1) is 16.0 Å². The molecule has 1 aliphatic rings. The minimum Gasteiger partial charge on any atom is -0.477 e. The van der Waals surface area contributed by atoms with E-state index in [9.17, 15) is 53.9 Å². The van der Waals surface area contributed by atoms with E-state index in [0.29, 0.717) is 17.0 Å². The van der Waals surface area contributed by atoms with Gasteiger partial charge in [-0.1, -0.05) is 35.3 Å². The van der Waals surface area contributed by atoms with E-state index >= 15 is 0 Å². The lowest BCUT2D eigenvalue weighted by atomic mass is 10.0. The van der Waals surface area contributed by atoms with E-state index in [4.69, 9.17) is 17.3 Å². The Labute approximate surface area is 257 Å². The summed E-state index contributed by atoms with van der Waals surface area (Å²) < 4.78 is 118. The van der Waals surface area contributed by atoms with Crippen molar-refractivity contribution < 1.29 is 59.0 Å². The number of thioether (sulfide) groups is 1. The second kappa shape index (κ2) is 12.1. The Morgan fingerprint density at radius 1 is 0.955 bits per heavy atom. The number of nitrogens with zero attached hydrogens (tertiary/aromatic N) is 2. The molecule has 0 spiro atoms. The fraction of sp³-hybridized carbons (Fsp3) is 0.208. The number of carbonyl (C=O) groups is 3. The van der Waals surface area contributed by atoms with Gasteiger partial charge in [-0.15, -0.1) is 11.3 Å². The summed E-state index contributed by atoms with van der Waals surface area (Å²) in [4.78, 5) is 39.6. The van der Waals surface area contributed by atoms with Crippen LogP contribution in [0.25, 0.3) is 17.2 Å². The van der Waals surface area contributed by atoms with Gasteiger partial charge in [0, 0.05) is 17.8 Å². The monoisotopic (exact) mass is 705 g/mol. The smallest absolute Gasteiger partial charge is 0.435 e. The summed E-state index contributed by atoms with van der Waals surface area (Å²) in [6.45, 7) is -0.322. The van der Waals surface area contributed by atoms with E-state index in [-0.39, 0.29) is 44.3 Å². The Morgan fingerprint density at radius 2 is 1.57 bits per heavy atom. The number of anilines is 1. The second-order valence-electron chi connectivity index (χ2n) is 8.66. The minimum atomic E-state index is -5.08. The average molecular weight is 706 g/mol. The van der Waals surface area contributed by atoms with E-state index in [0.717, 1.165) is 28.0 Å². The summed E-state index contributed by atoms with van der Waals surface area (Å²) >= 11 is 6.98. The summed E-state index contributed by atoms with van der Waals surface area (Å²) in [7, 11) is 0. The SMILES string of the molecule is O=C(CCN1C(=O)/C(=C/c2cc(-c3cc(C(F)(F)F)cc(C(F)(F)F)c3)cs2)SC1=S)Nc1nc(C(F)(F)F)c(C(=O)O)s1. The van der Waals surface area contributed by atoms with Gasteiger partial charge in [-0.3, -0.25) is 14.5 Å². The molecule has 1 aromatic carbocycles. The molecule has 20 heteroatoms. The molecule has 2 aromatic heterocycles. The van der Waals surface area contributed by atoms with Crippen LogP contribution in [-0.4, -0.2) is 43.6 Å². The minimum absolute atomic E-state index is 0.000275. The molecule has 0 atom stereocenters. The van der Waals surface area contributed by atoms with Crippen molar-refractivity contribution in [2.75, 3.05) is 11.9 Å². The first kappa shape index (κ1) is 33.4.